The van der Waals surface area contributed by atoms with Crippen LogP contribution in [0.3, 0.4) is 0 Å². The van der Waals surface area contributed by atoms with Crippen molar-refractivity contribution in [3.05, 3.63) is 35.4 Å². The van der Waals surface area contributed by atoms with E-state index in [0.717, 1.165) is 24.2 Å². The van der Waals surface area contributed by atoms with Crippen LogP contribution >= 0.6 is 0 Å². The summed E-state index contributed by atoms with van der Waals surface area (Å²) in [7, 11) is 0. The third-order valence-corrected chi connectivity index (χ3v) is 4.42. The third kappa shape index (κ3) is 3.60. The molecule has 2 rings (SSSR count). The Morgan fingerprint density at radius 3 is 2.55 bits per heavy atom. The van der Waals surface area contributed by atoms with Gasteiger partial charge in [0.05, 0.1) is 0 Å². The van der Waals surface area contributed by atoms with E-state index in [2.05, 4.69) is 24.1 Å². The summed E-state index contributed by atoms with van der Waals surface area (Å²) in [4.78, 5) is 14.7. The predicted octanol–water partition coefficient (Wildman–Crippen LogP) is 2.99. The van der Waals surface area contributed by atoms with Gasteiger partial charge in [-0.05, 0) is 45.2 Å². The van der Waals surface area contributed by atoms with Gasteiger partial charge in [0.25, 0.3) is 5.91 Å². The highest BCUT2D eigenvalue weighted by Crippen LogP contribution is 2.21. The molecule has 1 aromatic carbocycles. The number of carbonyl (C=O) groups excluding carboxylic acids is 1. The predicted molar refractivity (Wildman–Crippen MR) is 83.0 cm³/mol. The molecule has 1 saturated heterocycles. The highest BCUT2D eigenvalue weighted by atomic mass is 16.1. The van der Waals surface area contributed by atoms with Crippen LogP contribution in [0.5, 0.6) is 0 Å². The Morgan fingerprint density at radius 1 is 1.25 bits per heavy atom. The van der Waals surface area contributed by atoms with Crippen LogP contribution in [0.1, 0.15) is 49.0 Å². The number of aryl methyl sites for hydroxylation is 1. The van der Waals surface area contributed by atoms with Crippen molar-refractivity contribution >= 4 is 5.91 Å². The Labute approximate surface area is 122 Å². The van der Waals surface area contributed by atoms with E-state index < -0.39 is 0 Å². The highest BCUT2D eigenvalue weighted by Gasteiger charge is 2.24. The standard InChI is InChI=1S/C17H26N2O/c1-13-7-4-5-10-16(13)17(20)18-11-12-19-14(2)8-6-9-15(19)3/h4-5,7,10,14-15H,6,8-9,11-12H2,1-3H3,(H,18,20). The SMILES string of the molecule is Cc1ccccc1C(=O)NCCN1C(C)CCCC1C. The fourth-order valence-corrected chi connectivity index (χ4v) is 3.14. The molecule has 3 heteroatoms. The van der Waals surface area contributed by atoms with Crippen molar-refractivity contribution in [2.45, 2.75) is 52.1 Å². The summed E-state index contributed by atoms with van der Waals surface area (Å²) in [5, 5.41) is 3.05. The van der Waals surface area contributed by atoms with Gasteiger partial charge < -0.3 is 5.32 Å². The number of benzene rings is 1. The smallest absolute Gasteiger partial charge is 0.251 e. The van der Waals surface area contributed by atoms with Crippen molar-refractivity contribution in [1.82, 2.24) is 10.2 Å². The van der Waals surface area contributed by atoms with Gasteiger partial charge in [-0.3, -0.25) is 9.69 Å². The van der Waals surface area contributed by atoms with E-state index in [0.29, 0.717) is 12.1 Å². The molecule has 1 amide bonds. The number of amides is 1. The molecule has 2 atom stereocenters. The monoisotopic (exact) mass is 274 g/mol. The summed E-state index contributed by atoms with van der Waals surface area (Å²) in [5.41, 5.74) is 1.82. The molecular weight excluding hydrogens is 248 g/mol. The molecular formula is C17H26N2O. The van der Waals surface area contributed by atoms with Crippen molar-refractivity contribution in [1.29, 1.82) is 0 Å². The van der Waals surface area contributed by atoms with Crippen LogP contribution in [0.15, 0.2) is 24.3 Å². The molecule has 1 fully saturated rings. The minimum Gasteiger partial charge on any atom is -0.351 e. The van der Waals surface area contributed by atoms with Crippen molar-refractivity contribution in [2.24, 2.45) is 0 Å². The van der Waals surface area contributed by atoms with Crippen molar-refractivity contribution in [3.63, 3.8) is 0 Å². The quantitative estimate of drug-likeness (QED) is 0.915. The highest BCUT2D eigenvalue weighted by molar-refractivity contribution is 5.95. The summed E-state index contributed by atoms with van der Waals surface area (Å²) >= 11 is 0. The van der Waals surface area contributed by atoms with Crippen molar-refractivity contribution in [2.75, 3.05) is 13.1 Å². The second-order valence-electron chi connectivity index (χ2n) is 5.94. The molecule has 0 spiro atoms. The summed E-state index contributed by atoms with van der Waals surface area (Å²) < 4.78 is 0. The molecule has 1 aliphatic rings. The molecule has 0 aromatic heterocycles. The summed E-state index contributed by atoms with van der Waals surface area (Å²) in [6, 6.07) is 9.00. The van der Waals surface area contributed by atoms with E-state index in [1.54, 1.807) is 0 Å². The fraction of sp³-hybridized carbons (Fsp3) is 0.588. The molecule has 1 aromatic rings. The second-order valence-corrected chi connectivity index (χ2v) is 5.94. The number of hydrogen-bond donors (Lipinski definition) is 1. The Kier molecular flexibility index (Phi) is 5.18. The minimum atomic E-state index is 0.0421. The molecule has 0 aliphatic carbocycles. The van der Waals surface area contributed by atoms with Gasteiger partial charge >= 0.3 is 0 Å². The molecule has 3 nitrogen and oxygen atoms in total. The Hall–Kier alpha value is -1.35. The average Bonchev–Trinajstić information content (AvgIpc) is 2.42. The maximum atomic E-state index is 12.1. The number of hydrogen-bond acceptors (Lipinski definition) is 2. The molecule has 0 bridgehead atoms. The number of nitrogens with zero attached hydrogens (tertiary/aromatic N) is 1. The molecule has 110 valence electrons. The maximum Gasteiger partial charge on any atom is 0.251 e. The summed E-state index contributed by atoms with van der Waals surface area (Å²) in [5.74, 6) is 0.0421. The second kappa shape index (κ2) is 6.89. The normalized spacial score (nSPS) is 23.6. The van der Waals surface area contributed by atoms with Gasteiger partial charge in [0.15, 0.2) is 0 Å². The van der Waals surface area contributed by atoms with Gasteiger partial charge in [-0.15, -0.1) is 0 Å². The first-order chi connectivity index (χ1) is 9.59. The van der Waals surface area contributed by atoms with Gasteiger partial charge in [0.1, 0.15) is 0 Å². The van der Waals surface area contributed by atoms with Crippen LogP contribution < -0.4 is 5.32 Å². The van der Waals surface area contributed by atoms with E-state index in [-0.39, 0.29) is 5.91 Å². The van der Waals surface area contributed by atoms with Crippen molar-refractivity contribution < 1.29 is 4.79 Å². The summed E-state index contributed by atoms with van der Waals surface area (Å²) in [6.45, 7) is 8.23. The summed E-state index contributed by atoms with van der Waals surface area (Å²) in [6.07, 6.45) is 3.88. The van der Waals surface area contributed by atoms with E-state index in [9.17, 15) is 4.79 Å². The number of likely N-dealkylation sites (tertiary alicyclic amines) is 1. The van der Waals surface area contributed by atoms with Crippen LogP contribution in [0.4, 0.5) is 0 Å². The van der Waals surface area contributed by atoms with E-state index in [1.807, 2.05) is 31.2 Å². The van der Waals surface area contributed by atoms with Gasteiger partial charge in [-0.1, -0.05) is 24.6 Å². The lowest BCUT2D eigenvalue weighted by molar-refractivity contribution is 0.0888. The molecule has 0 radical (unpaired) electrons. The first-order valence-corrected chi connectivity index (χ1v) is 7.69. The molecule has 1 aliphatic heterocycles. The largest absolute Gasteiger partial charge is 0.351 e. The van der Waals surface area contributed by atoms with Crippen LogP contribution in [0.25, 0.3) is 0 Å². The van der Waals surface area contributed by atoms with Gasteiger partial charge in [0, 0.05) is 30.7 Å². The molecule has 1 N–H and O–H groups in total. The molecule has 0 saturated carbocycles. The zero-order chi connectivity index (χ0) is 14.5. The Bertz CT molecular complexity index is 448. The Morgan fingerprint density at radius 2 is 1.90 bits per heavy atom. The first-order valence-electron chi connectivity index (χ1n) is 7.69. The van der Waals surface area contributed by atoms with Crippen molar-refractivity contribution in [3.8, 4) is 0 Å². The lowest BCUT2D eigenvalue weighted by atomic mass is 9.98. The maximum absolute atomic E-state index is 12.1. The van der Waals surface area contributed by atoms with Crippen LogP contribution in [0, 0.1) is 6.92 Å². The molecule has 2 unspecified atom stereocenters. The van der Waals surface area contributed by atoms with E-state index in [1.165, 1.54) is 19.3 Å². The number of piperidine rings is 1. The molecule has 20 heavy (non-hydrogen) atoms. The number of rotatable bonds is 4. The van der Waals surface area contributed by atoms with Crippen LogP contribution in [0.2, 0.25) is 0 Å². The lowest BCUT2D eigenvalue weighted by Gasteiger charge is -2.39. The zero-order valence-electron chi connectivity index (χ0n) is 12.9. The average molecular weight is 274 g/mol. The number of nitrogens with one attached hydrogen (secondary N) is 1. The minimum absolute atomic E-state index is 0.0421. The van der Waals surface area contributed by atoms with Gasteiger partial charge in [-0.25, -0.2) is 0 Å². The fourth-order valence-electron chi connectivity index (χ4n) is 3.14. The van der Waals surface area contributed by atoms with Gasteiger partial charge in [0.2, 0.25) is 0 Å². The number of carbonyl (C=O) groups is 1. The van der Waals surface area contributed by atoms with E-state index >= 15 is 0 Å². The topological polar surface area (TPSA) is 32.3 Å². The van der Waals surface area contributed by atoms with Crippen LogP contribution in [-0.2, 0) is 0 Å². The Balaban J connectivity index is 1.84. The van der Waals surface area contributed by atoms with E-state index in [4.69, 9.17) is 0 Å². The molecule has 1 heterocycles. The first kappa shape index (κ1) is 15.0. The zero-order valence-corrected chi connectivity index (χ0v) is 12.9. The van der Waals surface area contributed by atoms with Gasteiger partial charge in [-0.2, -0.15) is 0 Å². The third-order valence-electron chi connectivity index (χ3n) is 4.42. The van der Waals surface area contributed by atoms with Crippen LogP contribution in [-0.4, -0.2) is 36.0 Å². The lowest BCUT2D eigenvalue weighted by Crippen LogP contribution is -2.47.